The molecule has 2 amide bonds. The summed E-state index contributed by atoms with van der Waals surface area (Å²) in [5.74, 6) is 0. The average Bonchev–Trinajstić information content (AvgIpc) is 2.34. The van der Waals surface area contributed by atoms with Gasteiger partial charge in [0.25, 0.3) is 0 Å². The van der Waals surface area contributed by atoms with E-state index in [0.717, 1.165) is 26.2 Å². The van der Waals surface area contributed by atoms with E-state index in [9.17, 15) is 4.79 Å². The Balaban J connectivity index is 1.96. The maximum Gasteiger partial charge on any atom is 0.322 e. The molecule has 0 bridgehead atoms. The van der Waals surface area contributed by atoms with Crippen LogP contribution >= 0.6 is 23.2 Å². The summed E-state index contributed by atoms with van der Waals surface area (Å²) in [6.45, 7) is 3.52. The van der Waals surface area contributed by atoms with Crippen LogP contribution in [0.3, 0.4) is 0 Å². The van der Waals surface area contributed by atoms with E-state index in [1.54, 1.807) is 18.2 Å². The molecule has 2 rings (SSSR count). The summed E-state index contributed by atoms with van der Waals surface area (Å²) in [7, 11) is 2.13. The molecule has 0 spiro atoms. The Bertz CT molecular complexity index is 445. The minimum Gasteiger partial charge on any atom is -0.334 e. The van der Waals surface area contributed by atoms with Gasteiger partial charge < -0.3 is 15.1 Å². The second-order valence-electron chi connectivity index (χ2n) is 4.50. The molecule has 1 aliphatic heterocycles. The zero-order chi connectivity index (χ0) is 13.1. The summed E-state index contributed by atoms with van der Waals surface area (Å²) < 4.78 is 0. The molecule has 1 aromatic rings. The van der Waals surface area contributed by atoms with Gasteiger partial charge in [-0.1, -0.05) is 23.2 Å². The van der Waals surface area contributed by atoms with Gasteiger partial charge in [0.1, 0.15) is 0 Å². The summed E-state index contributed by atoms with van der Waals surface area (Å²) in [6, 6.07) is 4.99. The smallest absolute Gasteiger partial charge is 0.322 e. The van der Waals surface area contributed by atoms with Crippen molar-refractivity contribution < 1.29 is 9.69 Å². The minimum atomic E-state index is -0.0825. The van der Waals surface area contributed by atoms with Crippen LogP contribution in [-0.4, -0.2) is 44.2 Å². The van der Waals surface area contributed by atoms with Crippen LogP contribution < -0.4 is 10.2 Å². The molecule has 0 unspecified atom stereocenters. The van der Waals surface area contributed by atoms with Crippen LogP contribution in [0.4, 0.5) is 10.5 Å². The molecule has 1 saturated heterocycles. The number of carbonyl (C=O) groups is 1. The number of benzene rings is 1. The second-order valence-corrected chi connectivity index (χ2v) is 5.32. The molecule has 0 saturated carbocycles. The first-order valence-corrected chi connectivity index (χ1v) is 6.64. The van der Waals surface area contributed by atoms with Gasteiger partial charge in [-0.05, 0) is 18.2 Å². The normalized spacial score (nSPS) is 16.7. The van der Waals surface area contributed by atoms with E-state index >= 15 is 0 Å². The number of carbonyl (C=O) groups excluding carboxylic acids is 1. The van der Waals surface area contributed by atoms with E-state index in [4.69, 9.17) is 23.2 Å². The van der Waals surface area contributed by atoms with E-state index in [0.29, 0.717) is 15.7 Å². The van der Waals surface area contributed by atoms with Gasteiger partial charge in [-0.15, -0.1) is 0 Å². The number of piperazine rings is 1. The predicted octanol–water partition coefficient (Wildman–Crippen LogP) is 1.36. The lowest BCUT2D eigenvalue weighted by atomic mass is 10.3. The van der Waals surface area contributed by atoms with Crippen LogP contribution in [-0.2, 0) is 0 Å². The Kier molecular flexibility index (Phi) is 4.32. The molecule has 0 radical (unpaired) electrons. The maximum atomic E-state index is 12.0. The number of anilines is 1. The van der Waals surface area contributed by atoms with Gasteiger partial charge in [0.05, 0.1) is 43.3 Å². The molecule has 2 N–H and O–H groups in total. The topological polar surface area (TPSA) is 36.8 Å². The predicted molar refractivity (Wildman–Crippen MR) is 73.7 cm³/mol. The highest BCUT2D eigenvalue weighted by Gasteiger charge is 2.21. The van der Waals surface area contributed by atoms with Crippen molar-refractivity contribution in [2.75, 3.05) is 38.5 Å². The van der Waals surface area contributed by atoms with Crippen LogP contribution in [0.2, 0.25) is 10.0 Å². The highest BCUT2D eigenvalue weighted by Crippen LogP contribution is 2.25. The first-order valence-electron chi connectivity index (χ1n) is 5.88. The number of halogens is 2. The van der Waals surface area contributed by atoms with Crippen molar-refractivity contribution in [2.45, 2.75) is 0 Å². The molecule has 1 aliphatic rings. The van der Waals surface area contributed by atoms with Crippen LogP contribution in [0.5, 0.6) is 0 Å². The molecule has 18 heavy (non-hydrogen) atoms. The maximum absolute atomic E-state index is 12.0. The first kappa shape index (κ1) is 13.5. The van der Waals surface area contributed by atoms with Crippen molar-refractivity contribution >= 4 is 34.9 Å². The molecule has 4 nitrogen and oxygen atoms in total. The molecular weight excluding hydrogens is 273 g/mol. The number of rotatable bonds is 1. The number of hydrogen-bond donors (Lipinski definition) is 2. The highest BCUT2D eigenvalue weighted by molar-refractivity contribution is 6.42. The Morgan fingerprint density at radius 1 is 1.28 bits per heavy atom. The van der Waals surface area contributed by atoms with Crippen molar-refractivity contribution in [1.82, 2.24) is 4.90 Å². The van der Waals surface area contributed by atoms with Gasteiger partial charge in [0, 0.05) is 5.69 Å². The Morgan fingerprint density at radius 2 is 1.94 bits per heavy atom. The van der Waals surface area contributed by atoms with Crippen LogP contribution in [0.1, 0.15) is 0 Å². The lowest BCUT2D eigenvalue weighted by Gasteiger charge is -2.30. The number of nitrogens with one attached hydrogen (secondary N) is 2. The van der Waals surface area contributed by atoms with E-state index in [2.05, 4.69) is 12.4 Å². The van der Waals surface area contributed by atoms with Crippen LogP contribution in [0, 0.1) is 0 Å². The zero-order valence-electron chi connectivity index (χ0n) is 10.2. The summed E-state index contributed by atoms with van der Waals surface area (Å²) in [5.41, 5.74) is 0.667. The largest absolute Gasteiger partial charge is 0.334 e. The van der Waals surface area contributed by atoms with E-state index in [1.807, 2.05) is 4.90 Å². The summed E-state index contributed by atoms with van der Waals surface area (Å²) in [5, 5.41) is 3.76. The van der Waals surface area contributed by atoms with Crippen molar-refractivity contribution in [2.24, 2.45) is 0 Å². The SMILES string of the molecule is C[NH+]1CCN(C(=O)Nc2ccc(Cl)c(Cl)c2)CC1. The molecule has 6 heteroatoms. The number of quaternary nitrogens is 1. The molecular formula is C12H16Cl2N3O+. The fourth-order valence-electron chi connectivity index (χ4n) is 1.87. The van der Waals surface area contributed by atoms with E-state index in [-0.39, 0.29) is 6.03 Å². The second kappa shape index (κ2) is 5.78. The van der Waals surface area contributed by atoms with E-state index in [1.165, 1.54) is 4.90 Å². The third-order valence-electron chi connectivity index (χ3n) is 3.08. The molecule has 1 fully saturated rings. The lowest BCUT2D eigenvalue weighted by Crippen LogP contribution is -3.12. The molecule has 1 heterocycles. The molecule has 1 aromatic carbocycles. The third kappa shape index (κ3) is 3.28. The summed E-state index contributed by atoms with van der Waals surface area (Å²) in [4.78, 5) is 15.3. The van der Waals surface area contributed by atoms with Crippen molar-refractivity contribution in [3.63, 3.8) is 0 Å². The van der Waals surface area contributed by atoms with Gasteiger partial charge in [-0.3, -0.25) is 0 Å². The summed E-state index contributed by atoms with van der Waals surface area (Å²) in [6.07, 6.45) is 0. The number of likely N-dealkylation sites (N-methyl/N-ethyl adjacent to an activating group) is 1. The van der Waals surface area contributed by atoms with Gasteiger partial charge in [-0.2, -0.15) is 0 Å². The van der Waals surface area contributed by atoms with Crippen molar-refractivity contribution in [1.29, 1.82) is 0 Å². The fourth-order valence-corrected chi connectivity index (χ4v) is 2.17. The number of hydrogen-bond acceptors (Lipinski definition) is 1. The lowest BCUT2D eigenvalue weighted by molar-refractivity contribution is -0.883. The molecule has 98 valence electrons. The molecule has 0 atom stereocenters. The van der Waals surface area contributed by atoms with Crippen molar-refractivity contribution in [3.8, 4) is 0 Å². The van der Waals surface area contributed by atoms with Crippen LogP contribution in [0.25, 0.3) is 0 Å². The Labute approximate surface area is 116 Å². The number of urea groups is 1. The third-order valence-corrected chi connectivity index (χ3v) is 3.81. The molecule has 0 aliphatic carbocycles. The number of amides is 2. The molecule has 0 aromatic heterocycles. The quantitative estimate of drug-likeness (QED) is 0.804. The number of nitrogens with zero attached hydrogens (tertiary/aromatic N) is 1. The van der Waals surface area contributed by atoms with Gasteiger partial charge in [-0.25, -0.2) is 4.79 Å². The van der Waals surface area contributed by atoms with Gasteiger partial charge in [0.15, 0.2) is 0 Å². The van der Waals surface area contributed by atoms with Crippen molar-refractivity contribution in [3.05, 3.63) is 28.2 Å². The fraction of sp³-hybridized carbons (Fsp3) is 0.417. The minimum absolute atomic E-state index is 0.0825. The highest BCUT2D eigenvalue weighted by atomic mass is 35.5. The Hall–Kier alpha value is -0.970. The average molecular weight is 289 g/mol. The van der Waals surface area contributed by atoms with Gasteiger partial charge in [0.2, 0.25) is 0 Å². The Morgan fingerprint density at radius 3 is 2.56 bits per heavy atom. The summed E-state index contributed by atoms with van der Waals surface area (Å²) >= 11 is 11.7. The monoisotopic (exact) mass is 288 g/mol. The zero-order valence-corrected chi connectivity index (χ0v) is 11.7. The van der Waals surface area contributed by atoms with Gasteiger partial charge >= 0.3 is 6.03 Å². The standard InChI is InChI=1S/C12H15Cl2N3O/c1-16-4-6-17(7-5-16)12(18)15-9-2-3-10(13)11(14)8-9/h2-3,8H,4-7H2,1H3,(H,15,18)/p+1. The van der Waals surface area contributed by atoms with E-state index < -0.39 is 0 Å². The van der Waals surface area contributed by atoms with Crippen LogP contribution in [0.15, 0.2) is 18.2 Å². The first-order chi connectivity index (χ1) is 8.56.